The summed E-state index contributed by atoms with van der Waals surface area (Å²) in [6, 6.07) is 0. The van der Waals surface area contributed by atoms with Crippen LogP contribution >= 0.6 is 0 Å². The minimum atomic E-state index is -0.204. The SMILES string of the molecule is CN(Cc1ncn[nH]1)C(=O)c1cnccn1. The Morgan fingerprint density at radius 3 is 2.94 bits per heavy atom. The minimum absolute atomic E-state index is 0.204. The van der Waals surface area contributed by atoms with Gasteiger partial charge < -0.3 is 4.90 Å². The lowest BCUT2D eigenvalue weighted by atomic mass is 10.4. The molecule has 0 fully saturated rings. The van der Waals surface area contributed by atoms with Gasteiger partial charge in [-0.2, -0.15) is 5.10 Å². The lowest BCUT2D eigenvalue weighted by Crippen LogP contribution is -2.27. The summed E-state index contributed by atoms with van der Waals surface area (Å²) in [7, 11) is 1.67. The number of aromatic nitrogens is 5. The number of carbonyl (C=O) groups is 1. The highest BCUT2D eigenvalue weighted by molar-refractivity contribution is 5.91. The summed E-state index contributed by atoms with van der Waals surface area (Å²) in [6.45, 7) is 0.357. The quantitative estimate of drug-likeness (QED) is 0.775. The molecule has 0 aliphatic carbocycles. The summed E-state index contributed by atoms with van der Waals surface area (Å²) in [5, 5.41) is 6.39. The first-order valence-corrected chi connectivity index (χ1v) is 4.63. The third kappa shape index (κ3) is 2.19. The molecule has 16 heavy (non-hydrogen) atoms. The van der Waals surface area contributed by atoms with Crippen molar-refractivity contribution in [2.75, 3.05) is 7.05 Å². The molecule has 82 valence electrons. The summed E-state index contributed by atoms with van der Waals surface area (Å²) in [4.78, 5) is 25.0. The highest BCUT2D eigenvalue weighted by Gasteiger charge is 2.14. The summed E-state index contributed by atoms with van der Waals surface area (Å²) in [5.41, 5.74) is 0.310. The van der Waals surface area contributed by atoms with E-state index in [2.05, 4.69) is 25.1 Å². The summed E-state index contributed by atoms with van der Waals surface area (Å²) in [6.07, 6.45) is 5.83. The van der Waals surface area contributed by atoms with E-state index in [1.54, 1.807) is 7.05 Å². The van der Waals surface area contributed by atoms with Crippen LogP contribution in [0, 0.1) is 0 Å². The number of hydrogen-bond acceptors (Lipinski definition) is 5. The van der Waals surface area contributed by atoms with Gasteiger partial charge in [0.1, 0.15) is 17.8 Å². The van der Waals surface area contributed by atoms with Crippen molar-refractivity contribution in [2.24, 2.45) is 0 Å². The number of H-pyrrole nitrogens is 1. The number of aromatic amines is 1. The van der Waals surface area contributed by atoms with Crippen molar-refractivity contribution in [1.29, 1.82) is 0 Å². The van der Waals surface area contributed by atoms with Crippen molar-refractivity contribution >= 4 is 5.91 Å². The average Bonchev–Trinajstić information content (AvgIpc) is 2.82. The molecule has 2 rings (SSSR count). The molecular formula is C9H10N6O. The smallest absolute Gasteiger partial charge is 0.274 e. The fourth-order valence-corrected chi connectivity index (χ4v) is 1.21. The highest BCUT2D eigenvalue weighted by atomic mass is 16.2. The van der Waals surface area contributed by atoms with E-state index in [1.165, 1.54) is 29.8 Å². The molecule has 1 amide bonds. The van der Waals surface area contributed by atoms with Gasteiger partial charge in [-0.1, -0.05) is 0 Å². The van der Waals surface area contributed by atoms with Crippen LogP contribution in [0.5, 0.6) is 0 Å². The maximum atomic E-state index is 11.8. The van der Waals surface area contributed by atoms with E-state index in [0.717, 1.165) is 0 Å². The number of nitrogens with one attached hydrogen (secondary N) is 1. The number of amides is 1. The fourth-order valence-electron chi connectivity index (χ4n) is 1.21. The van der Waals surface area contributed by atoms with Crippen LogP contribution in [0.15, 0.2) is 24.9 Å². The fraction of sp³-hybridized carbons (Fsp3) is 0.222. The first kappa shape index (κ1) is 10.2. The van der Waals surface area contributed by atoms with Gasteiger partial charge in [0.15, 0.2) is 0 Å². The van der Waals surface area contributed by atoms with Gasteiger partial charge in [0.25, 0.3) is 5.91 Å². The second-order valence-corrected chi connectivity index (χ2v) is 3.18. The second-order valence-electron chi connectivity index (χ2n) is 3.18. The zero-order valence-corrected chi connectivity index (χ0v) is 8.66. The molecule has 7 nitrogen and oxygen atoms in total. The molecule has 7 heteroatoms. The molecule has 0 aromatic carbocycles. The Kier molecular flexibility index (Phi) is 2.86. The van der Waals surface area contributed by atoms with E-state index in [-0.39, 0.29) is 5.91 Å². The minimum Gasteiger partial charge on any atom is -0.333 e. The van der Waals surface area contributed by atoms with Gasteiger partial charge in [0.2, 0.25) is 0 Å². The number of nitrogens with zero attached hydrogens (tertiary/aromatic N) is 5. The van der Waals surface area contributed by atoms with Crippen molar-refractivity contribution in [1.82, 2.24) is 30.0 Å². The van der Waals surface area contributed by atoms with Crippen molar-refractivity contribution in [2.45, 2.75) is 6.54 Å². The highest BCUT2D eigenvalue weighted by Crippen LogP contribution is 2.01. The zero-order valence-electron chi connectivity index (χ0n) is 8.66. The lowest BCUT2D eigenvalue weighted by Gasteiger charge is -2.14. The van der Waals surface area contributed by atoms with Crippen LogP contribution in [-0.4, -0.2) is 43.0 Å². The van der Waals surface area contributed by atoms with Gasteiger partial charge in [-0.3, -0.25) is 14.9 Å². The third-order valence-electron chi connectivity index (χ3n) is 1.98. The first-order valence-electron chi connectivity index (χ1n) is 4.63. The number of carbonyl (C=O) groups excluding carboxylic acids is 1. The van der Waals surface area contributed by atoms with E-state index >= 15 is 0 Å². The van der Waals surface area contributed by atoms with Crippen LogP contribution in [0.4, 0.5) is 0 Å². The maximum Gasteiger partial charge on any atom is 0.274 e. The Morgan fingerprint density at radius 2 is 2.31 bits per heavy atom. The Labute approximate surface area is 91.6 Å². The molecule has 0 aliphatic heterocycles. The average molecular weight is 218 g/mol. The predicted molar refractivity (Wildman–Crippen MR) is 54.2 cm³/mol. The molecule has 0 bridgehead atoms. The van der Waals surface area contributed by atoms with Crippen LogP contribution in [0.25, 0.3) is 0 Å². The molecule has 0 saturated carbocycles. The topological polar surface area (TPSA) is 87.7 Å². The summed E-state index contributed by atoms with van der Waals surface area (Å²) in [5.74, 6) is 0.421. The van der Waals surface area contributed by atoms with E-state index in [1.807, 2.05) is 0 Å². The van der Waals surface area contributed by atoms with Crippen molar-refractivity contribution < 1.29 is 4.79 Å². The van der Waals surface area contributed by atoms with Gasteiger partial charge in [0, 0.05) is 19.4 Å². The normalized spacial score (nSPS) is 10.1. The Morgan fingerprint density at radius 1 is 1.44 bits per heavy atom. The molecule has 0 unspecified atom stereocenters. The maximum absolute atomic E-state index is 11.8. The standard InChI is InChI=1S/C9H10N6O/c1-15(5-8-12-6-13-14-8)9(16)7-4-10-2-3-11-7/h2-4,6H,5H2,1H3,(H,12,13,14). The second kappa shape index (κ2) is 4.47. The molecule has 2 aromatic rings. The largest absolute Gasteiger partial charge is 0.333 e. The van der Waals surface area contributed by atoms with Gasteiger partial charge in [-0.15, -0.1) is 0 Å². The third-order valence-corrected chi connectivity index (χ3v) is 1.98. The Hall–Kier alpha value is -2.31. The van der Waals surface area contributed by atoms with Crippen molar-refractivity contribution in [3.05, 3.63) is 36.4 Å². The van der Waals surface area contributed by atoms with E-state index in [0.29, 0.717) is 18.1 Å². The number of hydrogen-bond donors (Lipinski definition) is 1. The monoisotopic (exact) mass is 218 g/mol. The first-order chi connectivity index (χ1) is 7.77. The molecule has 0 aliphatic rings. The van der Waals surface area contributed by atoms with Crippen LogP contribution < -0.4 is 0 Å². The van der Waals surface area contributed by atoms with E-state index < -0.39 is 0 Å². The van der Waals surface area contributed by atoms with E-state index in [9.17, 15) is 4.79 Å². The van der Waals surface area contributed by atoms with Crippen molar-refractivity contribution in [3.63, 3.8) is 0 Å². The number of rotatable bonds is 3. The molecule has 0 spiro atoms. The van der Waals surface area contributed by atoms with Gasteiger partial charge in [-0.25, -0.2) is 9.97 Å². The van der Waals surface area contributed by atoms with Crippen LogP contribution in [0.1, 0.15) is 16.3 Å². The lowest BCUT2D eigenvalue weighted by molar-refractivity contribution is 0.0775. The molecule has 0 saturated heterocycles. The predicted octanol–water partition coefficient (Wildman–Crippen LogP) is -0.133. The summed E-state index contributed by atoms with van der Waals surface area (Å²) >= 11 is 0. The zero-order chi connectivity index (χ0) is 11.4. The molecule has 1 N–H and O–H groups in total. The van der Waals surface area contributed by atoms with Crippen molar-refractivity contribution in [3.8, 4) is 0 Å². The van der Waals surface area contributed by atoms with E-state index in [4.69, 9.17) is 0 Å². The van der Waals surface area contributed by atoms with Crippen LogP contribution in [0.3, 0.4) is 0 Å². The molecule has 0 atom stereocenters. The summed E-state index contributed by atoms with van der Waals surface area (Å²) < 4.78 is 0. The Bertz CT molecular complexity index is 454. The van der Waals surface area contributed by atoms with Gasteiger partial charge in [-0.05, 0) is 0 Å². The Balaban J connectivity index is 2.05. The molecule has 2 aromatic heterocycles. The van der Waals surface area contributed by atoms with Gasteiger partial charge >= 0.3 is 0 Å². The molecule has 2 heterocycles. The van der Waals surface area contributed by atoms with Crippen LogP contribution in [-0.2, 0) is 6.54 Å². The van der Waals surface area contributed by atoms with Gasteiger partial charge in [0.05, 0.1) is 12.7 Å². The van der Waals surface area contributed by atoms with Crippen LogP contribution in [0.2, 0.25) is 0 Å². The molecular weight excluding hydrogens is 208 g/mol. The molecule has 0 radical (unpaired) electrons.